The minimum atomic E-state index is -3.22. The molecule has 0 unspecified atom stereocenters. The number of carboxylic acid groups (broad SMARTS) is 1. The summed E-state index contributed by atoms with van der Waals surface area (Å²) in [5.41, 5.74) is 1.80. The molecule has 336 valence electrons. The predicted octanol–water partition coefficient (Wildman–Crippen LogP) is 5.74. The SMILES string of the molecule is CC(=O)c1ccn2nc[nH]c(=O)c12.CC(=O)c1ccn2ncnc(Cl)c12.O=C(Cl)c1ccn2ncnc(Cl)c12.O=C(O)c1ccn2nc[nH]c(=O)c12.O=P(Cl)(Cl)Cl.O=P(Cl)(Cl)Cl.[Li+].[OH-]. The summed E-state index contributed by atoms with van der Waals surface area (Å²) in [6.45, 7) is 2.90. The second-order valence-corrected chi connectivity index (χ2v) is 25.3. The third-order valence-electron chi connectivity index (χ3n) is 6.94. The van der Waals surface area contributed by atoms with E-state index in [9.17, 15) is 37.9 Å². The Kier molecular flexibility index (Phi) is 23.4. The zero-order valence-corrected chi connectivity index (χ0v) is 40.4. The van der Waals surface area contributed by atoms with Gasteiger partial charge in [0.15, 0.2) is 21.9 Å². The maximum absolute atomic E-state index is 11.3. The number of carbonyl (C=O) groups is 4. The second-order valence-electron chi connectivity index (χ2n) is 10.9. The quantitative estimate of drug-likeness (QED) is 0.0818. The fourth-order valence-electron chi connectivity index (χ4n) is 4.66. The van der Waals surface area contributed by atoms with Crippen LogP contribution in [0.1, 0.15) is 55.3 Å². The first-order valence-corrected chi connectivity index (χ1v) is 25.7. The smallest absolute Gasteiger partial charge is 0.870 e. The van der Waals surface area contributed by atoms with Crippen molar-refractivity contribution in [3.05, 3.63) is 128 Å². The molecule has 0 bridgehead atoms. The van der Waals surface area contributed by atoms with Crippen molar-refractivity contribution in [2.45, 2.75) is 13.8 Å². The molecule has 8 rings (SSSR count). The van der Waals surface area contributed by atoms with Crippen molar-refractivity contribution < 1.29 is 57.8 Å². The van der Waals surface area contributed by atoms with Crippen LogP contribution in [-0.2, 0) is 9.13 Å². The molecule has 0 atom stereocenters. The second kappa shape index (κ2) is 25.8. The molecule has 34 heteroatoms. The summed E-state index contributed by atoms with van der Waals surface area (Å²) in [6, 6.07) is 6.14. The van der Waals surface area contributed by atoms with Crippen LogP contribution < -0.4 is 30.0 Å². The predicted molar refractivity (Wildman–Crippen MR) is 237 cm³/mol. The molecule has 0 amide bonds. The zero-order chi connectivity index (χ0) is 46.7. The van der Waals surface area contributed by atoms with Crippen LogP contribution in [0.15, 0.2) is 84.0 Å². The van der Waals surface area contributed by atoms with Gasteiger partial charge in [0, 0.05) is 30.4 Å². The van der Waals surface area contributed by atoms with E-state index in [1.807, 2.05) is 0 Å². The zero-order valence-electron chi connectivity index (χ0n) is 31.9. The van der Waals surface area contributed by atoms with E-state index >= 15 is 0 Å². The van der Waals surface area contributed by atoms with Crippen molar-refractivity contribution in [1.29, 1.82) is 0 Å². The number of carbonyl (C=O) groups excluding carboxylic acids is 3. The molecule has 0 spiro atoms. The summed E-state index contributed by atoms with van der Waals surface area (Å²) < 4.78 is 24.6. The maximum atomic E-state index is 11.3. The third-order valence-corrected chi connectivity index (χ3v) is 7.69. The van der Waals surface area contributed by atoms with Crippen LogP contribution in [0.3, 0.4) is 0 Å². The molecule has 0 aromatic carbocycles. The van der Waals surface area contributed by atoms with Crippen LogP contribution >= 0.6 is 113 Å². The third kappa shape index (κ3) is 17.5. The average molecular weight is 1100 g/mol. The molecule has 0 saturated heterocycles. The van der Waals surface area contributed by atoms with Crippen molar-refractivity contribution in [2.75, 3.05) is 0 Å². The number of ketones is 2. The van der Waals surface area contributed by atoms with Gasteiger partial charge in [0.05, 0.1) is 16.7 Å². The topological polar surface area (TPSA) is 313 Å². The van der Waals surface area contributed by atoms with E-state index in [0.717, 1.165) is 0 Å². The van der Waals surface area contributed by atoms with Crippen LogP contribution in [0.25, 0.3) is 22.1 Å². The Labute approximate surface area is 412 Å². The van der Waals surface area contributed by atoms with Crippen LogP contribution in [0, 0.1) is 0 Å². The van der Waals surface area contributed by atoms with Gasteiger partial charge in [0.1, 0.15) is 47.4 Å². The van der Waals surface area contributed by atoms with E-state index in [-0.39, 0.29) is 57.7 Å². The summed E-state index contributed by atoms with van der Waals surface area (Å²) in [5.74, 6) is -1.32. The molecule has 4 N–H and O–H groups in total. The Balaban J connectivity index is 0.000000395. The fourth-order valence-corrected chi connectivity index (χ4v) is 5.28. The van der Waals surface area contributed by atoms with Crippen molar-refractivity contribution in [3.63, 3.8) is 0 Å². The number of rotatable bonds is 4. The molecule has 0 fully saturated rings. The molecule has 0 aliphatic heterocycles. The minimum absolute atomic E-state index is 0. The van der Waals surface area contributed by atoms with E-state index < -0.39 is 27.2 Å². The molecule has 22 nitrogen and oxygen atoms in total. The maximum Gasteiger partial charge on any atom is 1.00 e. The first-order valence-electron chi connectivity index (χ1n) is 15.7. The Morgan fingerprint density at radius 3 is 1.22 bits per heavy atom. The van der Waals surface area contributed by atoms with Crippen molar-refractivity contribution in [2.24, 2.45) is 0 Å². The number of H-pyrrole nitrogens is 2. The number of aromatic nitrogens is 12. The summed E-state index contributed by atoms with van der Waals surface area (Å²) in [6.07, 6.45) is 11.4. The van der Waals surface area contributed by atoms with Gasteiger partial charge in [-0.05, 0) is 117 Å². The van der Waals surface area contributed by atoms with Gasteiger partial charge in [-0.15, -0.1) is 0 Å². The molecule has 0 aliphatic carbocycles. The van der Waals surface area contributed by atoms with E-state index in [1.54, 1.807) is 36.8 Å². The average Bonchev–Trinajstić information content (AvgIpc) is 3.96. The van der Waals surface area contributed by atoms with Crippen molar-refractivity contribution in [1.82, 2.24) is 58.4 Å². The normalized spacial score (nSPS) is 10.4. The van der Waals surface area contributed by atoms with E-state index in [0.29, 0.717) is 38.4 Å². The monoisotopic (exact) mass is 1090 g/mol. The summed E-state index contributed by atoms with van der Waals surface area (Å²) in [5, 5.41) is 17.6. The van der Waals surface area contributed by atoms with Gasteiger partial charge in [0.2, 0.25) is 0 Å². The first-order chi connectivity index (χ1) is 28.8. The standard InChI is InChI=1S/C8H6ClN3O.C8H7N3O2.C7H3Cl2N3O.C7H5N3O3.2Cl3OP.Li.H2O/c1-5(13)6-2-3-12-7(6)8(9)10-4-11-12;1-5(12)6-2-3-11-7(6)8(13)9-4-10-11;8-6-5-4(7(9)13)1-2-12(5)11-3-10-6;11-6-5-4(7(12)13)1-2-10(5)9-3-8-6;2*1-5(2,3)4;;/h2-4H,1H3;2-4H,1H3,(H,9,10,13);1-3H;1-3H,(H,12,13)(H,8,9,11);;;;1H2/q;;;;;;+1;/p-1. The molecule has 0 aliphatic rings. The number of nitrogens with zero attached hydrogens (tertiary/aromatic N) is 10. The van der Waals surface area contributed by atoms with Gasteiger partial charge >= 0.3 is 35.2 Å². The number of aromatic carboxylic acids is 1. The summed E-state index contributed by atoms with van der Waals surface area (Å²) >= 11 is 44.6. The molecule has 8 aromatic rings. The fraction of sp³-hybridized carbons (Fsp3) is 0.0667. The first kappa shape index (κ1) is 58.2. The Morgan fingerprint density at radius 1 is 0.578 bits per heavy atom. The number of fused-ring (bicyclic) bond motifs is 4. The summed E-state index contributed by atoms with van der Waals surface area (Å²) in [7, 11) is 0. The van der Waals surface area contributed by atoms with Gasteiger partial charge in [0.25, 0.3) is 16.4 Å². The Morgan fingerprint density at radius 2 is 0.875 bits per heavy atom. The largest absolute Gasteiger partial charge is 1.00 e. The minimum Gasteiger partial charge on any atom is -0.870 e. The Bertz CT molecular complexity index is 2920. The number of hydrogen-bond donors (Lipinski definition) is 3. The van der Waals surface area contributed by atoms with E-state index in [4.69, 9.17) is 39.9 Å². The molecule has 0 saturated carbocycles. The van der Waals surface area contributed by atoms with Crippen molar-refractivity contribution >= 4 is 157 Å². The van der Waals surface area contributed by atoms with Gasteiger partial charge in [-0.25, -0.2) is 32.8 Å². The van der Waals surface area contributed by atoms with Gasteiger partial charge in [-0.3, -0.25) is 33.1 Å². The van der Waals surface area contributed by atoms with Crippen LogP contribution in [0.4, 0.5) is 0 Å². The van der Waals surface area contributed by atoms with E-state index in [2.05, 4.69) is 108 Å². The number of halogens is 9. The molecule has 64 heavy (non-hydrogen) atoms. The molecule has 8 aromatic heterocycles. The molecular weight excluding hydrogens is 1080 g/mol. The van der Waals surface area contributed by atoms with Gasteiger partial charge in [-0.1, -0.05) is 23.2 Å². The van der Waals surface area contributed by atoms with Gasteiger partial charge in [-0.2, -0.15) is 20.4 Å². The molecule has 8 heterocycles. The molecule has 0 radical (unpaired) electrons. The Hall–Kier alpha value is -3.81. The van der Waals surface area contributed by atoms with E-state index in [1.165, 1.54) is 69.5 Å². The number of aromatic amines is 2. The molecular formula is C30H22Cl9LiN12O10P2. The number of nitrogens with one attached hydrogen (secondary N) is 2. The van der Waals surface area contributed by atoms with Crippen LogP contribution in [-0.4, -0.2) is 91.8 Å². The van der Waals surface area contributed by atoms with Crippen LogP contribution in [0.2, 0.25) is 10.3 Å². The number of carboxylic acids is 1. The number of hydrogen-bond acceptors (Lipinski definition) is 15. The van der Waals surface area contributed by atoms with Crippen molar-refractivity contribution in [3.8, 4) is 0 Å². The van der Waals surface area contributed by atoms with Crippen LogP contribution in [0.5, 0.6) is 0 Å². The summed E-state index contributed by atoms with van der Waals surface area (Å²) in [4.78, 5) is 78.5. The number of Topliss-reactive ketones (excluding diaryl/α,β-unsaturated/α-hetero) is 2. The van der Waals surface area contributed by atoms with Gasteiger partial charge < -0.3 is 20.6 Å².